The zero-order valence-corrected chi connectivity index (χ0v) is 17.7. The number of rotatable bonds is 6. The van der Waals surface area contributed by atoms with Gasteiger partial charge in [-0.2, -0.15) is 0 Å². The molecule has 1 aromatic heterocycles. The largest absolute Gasteiger partial charge is 0.394 e. The second-order valence-corrected chi connectivity index (χ2v) is 8.09. The number of H-pyrrole nitrogens is 1. The van der Waals surface area contributed by atoms with E-state index in [4.69, 9.17) is 0 Å². The van der Waals surface area contributed by atoms with E-state index < -0.39 is 17.8 Å². The summed E-state index contributed by atoms with van der Waals surface area (Å²) < 4.78 is 14.6. The molecule has 0 aliphatic carbocycles. The Kier molecular flexibility index (Phi) is 6.70. The van der Waals surface area contributed by atoms with E-state index in [1.54, 1.807) is 4.90 Å². The number of benzene rings is 2. The van der Waals surface area contributed by atoms with Crippen LogP contribution in [0.4, 0.5) is 14.9 Å². The highest BCUT2D eigenvalue weighted by atomic mass is 19.1. The van der Waals surface area contributed by atoms with Crippen LogP contribution in [0, 0.1) is 5.82 Å². The molecule has 32 heavy (non-hydrogen) atoms. The number of urea groups is 1. The summed E-state index contributed by atoms with van der Waals surface area (Å²) >= 11 is 0. The Bertz CT molecular complexity index is 1110. The molecule has 2 heterocycles. The molecule has 7 nitrogen and oxygen atoms in total. The first-order valence-corrected chi connectivity index (χ1v) is 10.9. The molecule has 4 rings (SSSR count). The maximum Gasteiger partial charge on any atom is 0.321 e. The maximum absolute atomic E-state index is 14.6. The second kappa shape index (κ2) is 9.82. The molecule has 3 amide bonds. The van der Waals surface area contributed by atoms with E-state index in [0.29, 0.717) is 19.5 Å². The third-order valence-electron chi connectivity index (χ3n) is 5.81. The van der Waals surface area contributed by atoms with Crippen molar-refractivity contribution in [3.05, 3.63) is 65.6 Å². The number of carbonyl (C=O) groups excluding carboxylic acids is 2. The maximum atomic E-state index is 14.6. The standard InChI is InChI=1S/C24H27FN4O3/c25-20-13-16(8-9-22(20)28-24(32)29-10-4-1-5-11-29)23(31)27-18(15-30)12-17-14-26-21-7-3-2-6-19(17)21/h2-3,6-9,13-14,18,26,30H,1,4-5,10-12,15H2,(H,27,31)(H,28,32). The molecule has 1 aliphatic rings. The molecule has 1 atom stereocenters. The Labute approximate surface area is 185 Å². The minimum absolute atomic E-state index is 0.0367. The molecule has 168 valence electrons. The number of aliphatic hydroxyl groups excluding tert-OH is 1. The Balaban J connectivity index is 1.39. The van der Waals surface area contributed by atoms with Gasteiger partial charge in [-0.3, -0.25) is 4.79 Å². The first kappa shape index (κ1) is 21.8. The molecular weight excluding hydrogens is 411 g/mol. The van der Waals surface area contributed by atoms with Crippen LogP contribution in [0.15, 0.2) is 48.7 Å². The predicted molar refractivity (Wildman–Crippen MR) is 121 cm³/mol. The van der Waals surface area contributed by atoms with Crippen molar-refractivity contribution in [1.82, 2.24) is 15.2 Å². The Morgan fingerprint density at radius 2 is 1.91 bits per heavy atom. The minimum atomic E-state index is -0.680. The summed E-state index contributed by atoms with van der Waals surface area (Å²) in [6.45, 7) is 1.07. The molecule has 0 spiro atoms. The average Bonchev–Trinajstić information content (AvgIpc) is 3.23. The van der Waals surface area contributed by atoms with E-state index in [0.717, 1.165) is 41.8 Å². The number of anilines is 1. The quantitative estimate of drug-likeness (QED) is 0.473. The normalized spacial score (nSPS) is 14.9. The Hall–Kier alpha value is -3.39. The van der Waals surface area contributed by atoms with Crippen LogP contribution in [0.3, 0.4) is 0 Å². The van der Waals surface area contributed by atoms with Crippen molar-refractivity contribution in [2.45, 2.75) is 31.7 Å². The summed E-state index contributed by atoms with van der Waals surface area (Å²) in [5, 5.41) is 16.1. The van der Waals surface area contributed by atoms with Crippen LogP contribution in [0.2, 0.25) is 0 Å². The number of hydrogen-bond donors (Lipinski definition) is 4. The van der Waals surface area contributed by atoms with Crippen LogP contribution >= 0.6 is 0 Å². The molecular formula is C24H27FN4O3. The summed E-state index contributed by atoms with van der Waals surface area (Å²) in [5.74, 6) is -1.17. The lowest BCUT2D eigenvalue weighted by Crippen LogP contribution is -2.39. The molecule has 0 bridgehead atoms. The number of aromatic nitrogens is 1. The van der Waals surface area contributed by atoms with E-state index in [1.807, 2.05) is 30.5 Å². The lowest BCUT2D eigenvalue weighted by molar-refractivity contribution is 0.0916. The van der Waals surface area contributed by atoms with Crippen molar-refractivity contribution >= 4 is 28.5 Å². The van der Waals surface area contributed by atoms with Gasteiger partial charge in [0.25, 0.3) is 5.91 Å². The average molecular weight is 439 g/mol. The van der Waals surface area contributed by atoms with Crippen LogP contribution < -0.4 is 10.6 Å². The van der Waals surface area contributed by atoms with Crippen LogP contribution in [-0.4, -0.2) is 52.7 Å². The summed E-state index contributed by atoms with van der Waals surface area (Å²) in [4.78, 5) is 29.8. The van der Waals surface area contributed by atoms with E-state index >= 15 is 0 Å². The molecule has 0 saturated carbocycles. The van der Waals surface area contributed by atoms with Crippen molar-refractivity contribution in [1.29, 1.82) is 0 Å². The number of aliphatic hydroxyl groups is 1. The lowest BCUT2D eigenvalue weighted by Gasteiger charge is -2.26. The lowest BCUT2D eigenvalue weighted by atomic mass is 10.0. The third-order valence-corrected chi connectivity index (χ3v) is 5.81. The monoisotopic (exact) mass is 438 g/mol. The number of carbonyl (C=O) groups is 2. The van der Waals surface area contributed by atoms with Crippen molar-refractivity contribution in [3.63, 3.8) is 0 Å². The molecule has 8 heteroatoms. The van der Waals surface area contributed by atoms with Crippen LogP contribution in [0.25, 0.3) is 10.9 Å². The first-order chi connectivity index (χ1) is 15.5. The van der Waals surface area contributed by atoms with Gasteiger partial charge in [-0.1, -0.05) is 18.2 Å². The molecule has 1 unspecified atom stereocenters. The highest BCUT2D eigenvalue weighted by Gasteiger charge is 2.20. The van der Waals surface area contributed by atoms with E-state index in [9.17, 15) is 19.1 Å². The fourth-order valence-electron chi connectivity index (χ4n) is 4.04. The van der Waals surface area contributed by atoms with Crippen molar-refractivity contribution in [2.75, 3.05) is 25.0 Å². The number of halogens is 1. The molecule has 1 aliphatic heterocycles. The van der Waals surface area contributed by atoms with E-state index in [1.165, 1.54) is 12.1 Å². The van der Waals surface area contributed by atoms with Crippen molar-refractivity contribution in [2.24, 2.45) is 0 Å². The highest BCUT2D eigenvalue weighted by Crippen LogP contribution is 2.20. The minimum Gasteiger partial charge on any atom is -0.394 e. The molecule has 4 N–H and O–H groups in total. The fourth-order valence-corrected chi connectivity index (χ4v) is 4.04. The van der Waals surface area contributed by atoms with Gasteiger partial charge in [0, 0.05) is 35.8 Å². The molecule has 2 aromatic carbocycles. The van der Waals surface area contributed by atoms with Gasteiger partial charge >= 0.3 is 6.03 Å². The zero-order chi connectivity index (χ0) is 22.5. The summed E-state index contributed by atoms with van der Waals surface area (Å²) in [6.07, 6.45) is 5.27. The van der Waals surface area contributed by atoms with Gasteiger partial charge in [0.2, 0.25) is 0 Å². The van der Waals surface area contributed by atoms with Gasteiger partial charge in [-0.15, -0.1) is 0 Å². The zero-order valence-electron chi connectivity index (χ0n) is 17.7. The Morgan fingerprint density at radius 1 is 1.12 bits per heavy atom. The van der Waals surface area contributed by atoms with Crippen LogP contribution in [0.1, 0.15) is 35.2 Å². The first-order valence-electron chi connectivity index (χ1n) is 10.9. The smallest absolute Gasteiger partial charge is 0.321 e. The second-order valence-electron chi connectivity index (χ2n) is 8.09. The van der Waals surface area contributed by atoms with Crippen molar-refractivity contribution < 1.29 is 19.1 Å². The van der Waals surface area contributed by atoms with Gasteiger partial charge in [0.05, 0.1) is 18.3 Å². The van der Waals surface area contributed by atoms with E-state index in [2.05, 4.69) is 15.6 Å². The number of likely N-dealkylation sites (tertiary alicyclic amines) is 1. The van der Waals surface area contributed by atoms with Crippen LogP contribution in [-0.2, 0) is 6.42 Å². The topological polar surface area (TPSA) is 97.5 Å². The number of amides is 3. The van der Waals surface area contributed by atoms with Crippen LogP contribution in [0.5, 0.6) is 0 Å². The number of fused-ring (bicyclic) bond motifs is 1. The van der Waals surface area contributed by atoms with Gasteiger partial charge in [-0.25, -0.2) is 9.18 Å². The highest BCUT2D eigenvalue weighted by molar-refractivity contribution is 5.96. The van der Waals surface area contributed by atoms with Gasteiger partial charge < -0.3 is 25.6 Å². The van der Waals surface area contributed by atoms with Gasteiger partial charge in [-0.05, 0) is 55.5 Å². The number of aromatic amines is 1. The predicted octanol–water partition coefficient (Wildman–Crippen LogP) is 3.66. The number of hydrogen-bond acceptors (Lipinski definition) is 3. The molecule has 1 saturated heterocycles. The Morgan fingerprint density at radius 3 is 2.66 bits per heavy atom. The summed E-state index contributed by atoms with van der Waals surface area (Å²) in [5.41, 5.74) is 2.11. The number of para-hydroxylation sites is 1. The number of nitrogens with one attached hydrogen (secondary N) is 3. The SMILES string of the molecule is O=C(NC(CO)Cc1c[nH]c2ccccc12)c1ccc(NC(=O)N2CCCCC2)c(F)c1. The molecule has 0 radical (unpaired) electrons. The summed E-state index contributed by atoms with van der Waals surface area (Å²) in [7, 11) is 0. The molecule has 1 fully saturated rings. The van der Waals surface area contributed by atoms with Gasteiger partial charge in [0.15, 0.2) is 0 Å². The van der Waals surface area contributed by atoms with Crippen molar-refractivity contribution in [3.8, 4) is 0 Å². The fraction of sp³-hybridized carbons (Fsp3) is 0.333. The summed E-state index contributed by atoms with van der Waals surface area (Å²) in [6, 6.07) is 10.9. The number of nitrogens with zero attached hydrogens (tertiary/aromatic N) is 1. The van der Waals surface area contributed by atoms with Gasteiger partial charge in [0.1, 0.15) is 5.82 Å². The molecule has 3 aromatic rings. The van der Waals surface area contributed by atoms with E-state index in [-0.39, 0.29) is 23.9 Å². The number of piperidine rings is 1. The third kappa shape index (κ3) is 4.91.